The molecule has 0 atom stereocenters. The summed E-state index contributed by atoms with van der Waals surface area (Å²) in [7, 11) is 0. The molecule has 112 valence electrons. The first kappa shape index (κ1) is 14.2. The molecule has 0 amide bonds. The van der Waals surface area contributed by atoms with Gasteiger partial charge in [0.15, 0.2) is 0 Å². The zero-order valence-corrected chi connectivity index (χ0v) is 12.3. The molecule has 0 saturated carbocycles. The zero-order valence-electron chi connectivity index (χ0n) is 11.5. The largest absolute Gasteiger partial charge is 0.477 e. The Morgan fingerprint density at radius 1 is 1.41 bits per heavy atom. The number of hydrogen-bond donors (Lipinski definition) is 1. The predicted molar refractivity (Wildman–Crippen MR) is 80.8 cm³/mol. The lowest BCUT2D eigenvalue weighted by Gasteiger charge is -2.07. The number of aryl methyl sites for hydroxylation is 1. The van der Waals surface area contributed by atoms with Crippen LogP contribution in [0.1, 0.15) is 20.8 Å². The highest BCUT2D eigenvalue weighted by Gasteiger charge is 2.17. The summed E-state index contributed by atoms with van der Waals surface area (Å²) in [5, 5.41) is 9.04. The van der Waals surface area contributed by atoms with Crippen LogP contribution in [0.15, 0.2) is 40.3 Å². The molecule has 22 heavy (non-hydrogen) atoms. The second kappa shape index (κ2) is 5.23. The number of carbonyl (C=O) groups is 1. The molecule has 0 unspecified atom stereocenters. The molecule has 1 N–H and O–H groups in total. The van der Waals surface area contributed by atoms with Crippen LogP contribution >= 0.6 is 11.3 Å². The molecular weight excluding hydrogens is 306 g/mol. The lowest BCUT2D eigenvalue weighted by molar-refractivity contribution is 0.0701. The first-order chi connectivity index (χ1) is 10.5. The topological polar surface area (TPSA) is 93.7 Å². The number of rotatable bonds is 3. The van der Waals surface area contributed by atoms with Crippen LogP contribution in [0, 0.1) is 6.92 Å². The maximum atomic E-state index is 12.5. The van der Waals surface area contributed by atoms with E-state index in [-0.39, 0.29) is 11.4 Å². The van der Waals surface area contributed by atoms with Crippen molar-refractivity contribution in [2.24, 2.45) is 0 Å². The van der Waals surface area contributed by atoms with Crippen molar-refractivity contribution in [2.75, 3.05) is 0 Å². The average Bonchev–Trinajstić information content (AvgIpc) is 2.96. The van der Waals surface area contributed by atoms with E-state index < -0.39 is 17.2 Å². The average molecular weight is 317 g/mol. The summed E-state index contributed by atoms with van der Waals surface area (Å²) in [5.74, 6) is -1.13. The van der Waals surface area contributed by atoms with Crippen LogP contribution in [0.2, 0.25) is 0 Å². The van der Waals surface area contributed by atoms with Gasteiger partial charge in [0.05, 0.1) is 6.54 Å². The first-order valence-corrected chi connectivity index (χ1v) is 7.18. The number of carboxylic acid groups (broad SMARTS) is 1. The second-order valence-corrected chi connectivity index (χ2v) is 5.77. The normalized spacial score (nSPS) is 11.0. The number of aromatic nitrogens is 3. The Kier molecular flexibility index (Phi) is 3.38. The second-order valence-electron chi connectivity index (χ2n) is 4.74. The fourth-order valence-electron chi connectivity index (χ4n) is 2.18. The van der Waals surface area contributed by atoms with Crippen LogP contribution in [0.3, 0.4) is 0 Å². The molecule has 0 aromatic carbocycles. The Hall–Kier alpha value is -2.74. The highest BCUT2D eigenvalue weighted by molar-refractivity contribution is 7.19. The van der Waals surface area contributed by atoms with Crippen LogP contribution < -0.4 is 11.2 Å². The SMILES string of the molecule is Cc1c(=O)n(Cc2cccnc2)c(=O)n2cc(C(=O)O)sc12. The fraction of sp³-hybridized carbons (Fsp3) is 0.143. The van der Waals surface area contributed by atoms with E-state index in [9.17, 15) is 14.4 Å². The summed E-state index contributed by atoms with van der Waals surface area (Å²) in [6.45, 7) is 1.67. The third-order valence-corrected chi connectivity index (χ3v) is 4.47. The molecule has 0 aliphatic rings. The van der Waals surface area contributed by atoms with Gasteiger partial charge in [-0.05, 0) is 18.6 Å². The fourth-order valence-corrected chi connectivity index (χ4v) is 3.10. The Bertz CT molecular complexity index is 985. The van der Waals surface area contributed by atoms with Crippen molar-refractivity contribution >= 4 is 22.1 Å². The molecule has 0 saturated heterocycles. The van der Waals surface area contributed by atoms with Crippen molar-refractivity contribution in [3.8, 4) is 0 Å². The smallest absolute Gasteiger partial charge is 0.347 e. The molecule has 3 heterocycles. The van der Waals surface area contributed by atoms with Gasteiger partial charge >= 0.3 is 11.7 Å². The number of carboxylic acids is 1. The van der Waals surface area contributed by atoms with Gasteiger partial charge in [0.2, 0.25) is 0 Å². The molecule has 0 bridgehead atoms. The Labute approximate surface area is 127 Å². The van der Waals surface area contributed by atoms with Crippen LogP contribution in [-0.2, 0) is 6.54 Å². The third kappa shape index (κ3) is 2.23. The van der Waals surface area contributed by atoms with Crippen molar-refractivity contribution < 1.29 is 9.90 Å². The molecular formula is C14H11N3O4S. The number of fused-ring (bicyclic) bond motifs is 1. The van der Waals surface area contributed by atoms with Crippen LogP contribution in [0.4, 0.5) is 0 Å². The van der Waals surface area contributed by atoms with Gasteiger partial charge in [-0.25, -0.2) is 9.59 Å². The van der Waals surface area contributed by atoms with E-state index in [0.717, 1.165) is 21.5 Å². The number of hydrogen-bond acceptors (Lipinski definition) is 5. The van der Waals surface area contributed by atoms with Gasteiger partial charge in [-0.2, -0.15) is 0 Å². The highest BCUT2D eigenvalue weighted by atomic mass is 32.1. The molecule has 0 spiro atoms. The van der Waals surface area contributed by atoms with E-state index in [1.54, 1.807) is 31.5 Å². The molecule has 3 aromatic rings. The van der Waals surface area contributed by atoms with Crippen molar-refractivity contribution in [1.29, 1.82) is 0 Å². The molecule has 3 aromatic heterocycles. The van der Waals surface area contributed by atoms with Crippen LogP contribution in [-0.4, -0.2) is 25.0 Å². The molecule has 8 heteroatoms. The Morgan fingerprint density at radius 2 is 2.18 bits per heavy atom. The van der Waals surface area contributed by atoms with Gasteiger partial charge in [0.25, 0.3) is 5.56 Å². The van der Waals surface area contributed by atoms with E-state index in [4.69, 9.17) is 5.11 Å². The van der Waals surface area contributed by atoms with E-state index >= 15 is 0 Å². The summed E-state index contributed by atoms with van der Waals surface area (Å²) in [6, 6.07) is 3.48. The van der Waals surface area contributed by atoms with Crippen LogP contribution in [0.5, 0.6) is 0 Å². The van der Waals surface area contributed by atoms with Gasteiger partial charge in [-0.1, -0.05) is 6.07 Å². The van der Waals surface area contributed by atoms with E-state index in [0.29, 0.717) is 10.4 Å². The molecule has 3 rings (SSSR count). The summed E-state index contributed by atoms with van der Waals surface area (Å²) in [6.07, 6.45) is 4.43. The maximum Gasteiger partial charge on any atom is 0.347 e. The van der Waals surface area contributed by atoms with E-state index in [2.05, 4.69) is 4.98 Å². The Morgan fingerprint density at radius 3 is 2.82 bits per heavy atom. The number of aromatic carboxylic acids is 1. The summed E-state index contributed by atoms with van der Waals surface area (Å²) in [5.41, 5.74) is 0.0848. The quantitative estimate of drug-likeness (QED) is 0.777. The minimum atomic E-state index is -1.13. The molecule has 0 fully saturated rings. The minimum absolute atomic E-state index is 0.0127. The molecule has 7 nitrogen and oxygen atoms in total. The van der Waals surface area contributed by atoms with Gasteiger partial charge in [-0.3, -0.25) is 18.7 Å². The van der Waals surface area contributed by atoms with E-state index in [1.165, 1.54) is 10.6 Å². The first-order valence-electron chi connectivity index (χ1n) is 6.37. The number of pyridine rings is 1. The zero-order chi connectivity index (χ0) is 15.9. The molecule has 0 aliphatic carbocycles. The van der Waals surface area contributed by atoms with E-state index in [1.807, 2.05) is 0 Å². The monoisotopic (exact) mass is 317 g/mol. The van der Waals surface area contributed by atoms with Gasteiger partial charge in [-0.15, -0.1) is 11.3 Å². The van der Waals surface area contributed by atoms with Crippen molar-refractivity contribution in [3.63, 3.8) is 0 Å². The van der Waals surface area contributed by atoms with Gasteiger partial charge < -0.3 is 5.11 Å². The van der Waals surface area contributed by atoms with Gasteiger partial charge in [0.1, 0.15) is 9.71 Å². The number of nitrogens with zero attached hydrogens (tertiary/aromatic N) is 3. The lowest BCUT2D eigenvalue weighted by atomic mass is 10.3. The van der Waals surface area contributed by atoms with Crippen molar-refractivity contribution in [1.82, 2.24) is 14.0 Å². The van der Waals surface area contributed by atoms with Crippen LogP contribution in [0.25, 0.3) is 4.83 Å². The minimum Gasteiger partial charge on any atom is -0.477 e. The maximum absolute atomic E-state index is 12.5. The number of thiazole rings is 1. The summed E-state index contributed by atoms with van der Waals surface area (Å²) in [4.78, 5) is 40.2. The predicted octanol–water partition coefficient (Wildman–Crippen LogP) is 0.973. The Balaban J connectivity index is 2.25. The van der Waals surface area contributed by atoms with Crippen molar-refractivity contribution in [2.45, 2.75) is 13.5 Å². The lowest BCUT2D eigenvalue weighted by Crippen LogP contribution is -2.38. The van der Waals surface area contributed by atoms with Crippen molar-refractivity contribution in [3.05, 3.63) is 67.6 Å². The molecule has 0 aliphatic heterocycles. The highest BCUT2D eigenvalue weighted by Crippen LogP contribution is 2.17. The summed E-state index contributed by atoms with van der Waals surface area (Å²) < 4.78 is 2.29. The van der Waals surface area contributed by atoms with Gasteiger partial charge in [0, 0.05) is 24.2 Å². The standard InChI is InChI=1S/C14H11N3O4S/c1-8-11(18)16(6-9-3-2-4-15-5-9)14(21)17-7-10(13(19)20)22-12(8)17/h2-5,7H,6H2,1H3,(H,19,20). The summed E-state index contributed by atoms with van der Waals surface area (Å²) >= 11 is 0.913. The third-order valence-electron chi connectivity index (χ3n) is 3.27. The molecule has 0 radical (unpaired) electrons.